The number of rotatable bonds is 3. The van der Waals surface area contributed by atoms with E-state index in [2.05, 4.69) is 24.1 Å². The van der Waals surface area contributed by atoms with E-state index in [0.717, 1.165) is 29.7 Å². The summed E-state index contributed by atoms with van der Waals surface area (Å²) in [6.07, 6.45) is 0.866. The van der Waals surface area contributed by atoms with Crippen LogP contribution in [0.5, 0.6) is 0 Å². The average Bonchev–Trinajstić information content (AvgIpc) is 2.84. The van der Waals surface area contributed by atoms with E-state index in [0.29, 0.717) is 6.42 Å². The molecule has 0 radical (unpaired) electrons. The third-order valence-electron chi connectivity index (χ3n) is 4.34. The maximum absolute atomic E-state index is 13.3. The predicted molar refractivity (Wildman–Crippen MR) is 83.2 cm³/mol. The summed E-state index contributed by atoms with van der Waals surface area (Å²) in [5.74, 6) is -0.252. The van der Waals surface area contributed by atoms with Crippen LogP contribution in [0, 0.1) is 12.7 Å². The summed E-state index contributed by atoms with van der Waals surface area (Å²) in [5, 5.41) is 10.5. The van der Waals surface area contributed by atoms with Gasteiger partial charge in [0.2, 0.25) is 0 Å². The maximum Gasteiger partial charge on any atom is 0.123 e. The minimum Gasteiger partial charge on any atom is -0.388 e. The van der Waals surface area contributed by atoms with Crippen LogP contribution in [-0.4, -0.2) is 18.7 Å². The molecule has 1 aliphatic heterocycles. The molecular formula is C18H20FNO. The van der Waals surface area contributed by atoms with E-state index < -0.39 is 6.10 Å². The molecule has 1 aliphatic rings. The lowest BCUT2D eigenvalue weighted by Gasteiger charge is -2.16. The summed E-state index contributed by atoms with van der Waals surface area (Å²) < 4.78 is 13.3. The molecule has 3 rings (SSSR count). The van der Waals surface area contributed by atoms with Crippen molar-refractivity contribution in [1.82, 2.24) is 0 Å². The summed E-state index contributed by atoms with van der Waals surface area (Å²) in [5.41, 5.74) is 5.31. The molecular weight excluding hydrogens is 265 g/mol. The topological polar surface area (TPSA) is 23.5 Å². The Morgan fingerprint density at radius 2 is 2.05 bits per heavy atom. The average molecular weight is 285 g/mol. The summed E-state index contributed by atoms with van der Waals surface area (Å²) in [6, 6.07) is 10.8. The lowest BCUT2D eigenvalue weighted by molar-refractivity contribution is 0.178. The smallest absolute Gasteiger partial charge is 0.123 e. The van der Waals surface area contributed by atoms with Crippen LogP contribution >= 0.6 is 0 Å². The van der Waals surface area contributed by atoms with Crippen LogP contribution in [0.4, 0.5) is 10.1 Å². The molecule has 0 bridgehead atoms. The SMILES string of the molecule is Cc1ccc(F)cc1CC(O)c1ccc2c(c1)CCN2C. The highest BCUT2D eigenvalue weighted by atomic mass is 19.1. The molecule has 110 valence electrons. The second-order valence-corrected chi connectivity index (χ2v) is 5.85. The Labute approximate surface area is 124 Å². The minimum absolute atomic E-state index is 0.252. The molecule has 0 fully saturated rings. The van der Waals surface area contributed by atoms with E-state index in [4.69, 9.17) is 0 Å². The van der Waals surface area contributed by atoms with Crippen LogP contribution in [0.1, 0.15) is 28.4 Å². The van der Waals surface area contributed by atoms with Crippen molar-refractivity contribution >= 4 is 5.69 Å². The third-order valence-corrected chi connectivity index (χ3v) is 4.34. The Hall–Kier alpha value is -1.87. The van der Waals surface area contributed by atoms with E-state index in [1.54, 1.807) is 6.07 Å². The lowest BCUT2D eigenvalue weighted by Crippen LogP contribution is -2.12. The number of likely N-dealkylation sites (N-methyl/N-ethyl adjacent to an activating group) is 1. The largest absolute Gasteiger partial charge is 0.388 e. The highest BCUT2D eigenvalue weighted by Gasteiger charge is 2.18. The van der Waals surface area contributed by atoms with E-state index in [1.807, 2.05) is 13.0 Å². The van der Waals surface area contributed by atoms with Crippen molar-refractivity contribution in [1.29, 1.82) is 0 Å². The molecule has 0 aromatic heterocycles. The molecule has 0 amide bonds. The predicted octanol–water partition coefficient (Wildman–Crippen LogP) is 3.40. The fourth-order valence-corrected chi connectivity index (χ4v) is 2.98. The fraction of sp³-hybridized carbons (Fsp3) is 0.333. The van der Waals surface area contributed by atoms with Gasteiger partial charge in [-0.1, -0.05) is 18.2 Å². The first-order chi connectivity index (χ1) is 10.0. The Morgan fingerprint density at radius 1 is 1.24 bits per heavy atom. The van der Waals surface area contributed by atoms with Gasteiger partial charge in [-0.2, -0.15) is 0 Å². The Balaban J connectivity index is 1.82. The van der Waals surface area contributed by atoms with Crippen LogP contribution in [0.2, 0.25) is 0 Å². The van der Waals surface area contributed by atoms with Crippen molar-refractivity contribution in [3.63, 3.8) is 0 Å². The van der Waals surface area contributed by atoms with Crippen LogP contribution in [-0.2, 0) is 12.8 Å². The normalized spacial score (nSPS) is 15.1. The van der Waals surface area contributed by atoms with Crippen LogP contribution in [0.3, 0.4) is 0 Å². The second kappa shape index (κ2) is 5.49. The minimum atomic E-state index is -0.596. The van der Waals surface area contributed by atoms with Gasteiger partial charge in [-0.25, -0.2) is 4.39 Å². The van der Waals surface area contributed by atoms with Gasteiger partial charge < -0.3 is 10.0 Å². The van der Waals surface area contributed by atoms with Gasteiger partial charge in [-0.05, 0) is 53.8 Å². The molecule has 2 aromatic rings. The van der Waals surface area contributed by atoms with Gasteiger partial charge in [-0.15, -0.1) is 0 Å². The van der Waals surface area contributed by atoms with Crippen LogP contribution < -0.4 is 4.90 Å². The number of hydrogen-bond acceptors (Lipinski definition) is 2. The summed E-state index contributed by atoms with van der Waals surface area (Å²) >= 11 is 0. The zero-order valence-electron chi connectivity index (χ0n) is 12.4. The molecule has 2 nitrogen and oxygen atoms in total. The molecule has 0 aliphatic carbocycles. The number of hydrogen-bond donors (Lipinski definition) is 1. The van der Waals surface area contributed by atoms with E-state index in [-0.39, 0.29) is 5.82 Å². The summed E-state index contributed by atoms with van der Waals surface area (Å²) in [4.78, 5) is 2.22. The van der Waals surface area contributed by atoms with Gasteiger partial charge in [0.15, 0.2) is 0 Å². The molecule has 3 heteroatoms. The molecule has 1 N–H and O–H groups in total. The molecule has 0 spiro atoms. The monoisotopic (exact) mass is 285 g/mol. The molecule has 1 atom stereocenters. The van der Waals surface area contributed by atoms with E-state index >= 15 is 0 Å². The molecule has 1 heterocycles. The van der Waals surface area contributed by atoms with Gasteiger partial charge in [0.05, 0.1) is 6.10 Å². The number of nitrogens with zero attached hydrogens (tertiary/aromatic N) is 1. The summed E-state index contributed by atoms with van der Waals surface area (Å²) in [7, 11) is 2.08. The first-order valence-corrected chi connectivity index (χ1v) is 7.31. The first kappa shape index (κ1) is 14.1. The van der Waals surface area contributed by atoms with Crippen LogP contribution in [0.15, 0.2) is 36.4 Å². The van der Waals surface area contributed by atoms with Gasteiger partial charge in [0.25, 0.3) is 0 Å². The third kappa shape index (κ3) is 2.79. The Kier molecular flexibility index (Phi) is 3.68. The number of aliphatic hydroxyl groups is 1. The standard InChI is InChI=1S/C18H20FNO/c1-12-3-5-16(19)10-15(12)11-18(21)14-4-6-17-13(9-14)7-8-20(17)2/h3-6,9-10,18,21H,7-8,11H2,1-2H3. The van der Waals surface area contributed by atoms with Gasteiger partial charge in [0.1, 0.15) is 5.82 Å². The van der Waals surface area contributed by atoms with Crippen molar-refractivity contribution < 1.29 is 9.50 Å². The van der Waals surface area contributed by atoms with Gasteiger partial charge >= 0.3 is 0 Å². The number of aliphatic hydroxyl groups excluding tert-OH is 1. The van der Waals surface area contributed by atoms with Crippen molar-refractivity contribution in [2.45, 2.75) is 25.9 Å². The zero-order chi connectivity index (χ0) is 15.0. The Bertz CT molecular complexity index is 668. The molecule has 1 unspecified atom stereocenters. The van der Waals surface area contributed by atoms with E-state index in [9.17, 15) is 9.50 Å². The van der Waals surface area contributed by atoms with Gasteiger partial charge in [0, 0.05) is 25.7 Å². The Morgan fingerprint density at radius 3 is 2.86 bits per heavy atom. The van der Waals surface area contributed by atoms with E-state index in [1.165, 1.54) is 23.4 Å². The molecule has 0 saturated heterocycles. The van der Waals surface area contributed by atoms with Gasteiger partial charge in [-0.3, -0.25) is 0 Å². The van der Waals surface area contributed by atoms with Crippen molar-refractivity contribution in [2.24, 2.45) is 0 Å². The van der Waals surface area contributed by atoms with Crippen molar-refractivity contribution in [3.05, 3.63) is 64.5 Å². The quantitative estimate of drug-likeness (QED) is 0.934. The second-order valence-electron chi connectivity index (χ2n) is 5.85. The van der Waals surface area contributed by atoms with Crippen molar-refractivity contribution in [3.8, 4) is 0 Å². The number of halogens is 1. The molecule has 21 heavy (non-hydrogen) atoms. The molecule has 0 saturated carbocycles. The van der Waals surface area contributed by atoms with Crippen molar-refractivity contribution in [2.75, 3.05) is 18.5 Å². The number of aryl methyl sites for hydroxylation is 1. The zero-order valence-corrected chi connectivity index (χ0v) is 12.4. The highest BCUT2D eigenvalue weighted by molar-refractivity contribution is 5.58. The lowest BCUT2D eigenvalue weighted by atomic mass is 9.96. The summed E-state index contributed by atoms with van der Waals surface area (Å²) in [6.45, 7) is 2.97. The number of fused-ring (bicyclic) bond motifs is 1. The first-order valence-electron chi connectivity index (χ1n) is 7.31. The fourth-order valence-electron chi connectivity index (χ4n) is 2.98. The number of benzene rings is 2. The van der Waals surface area contributed by atoms with Crippen LogP contribution in [0.25, 0.3) is 0 Å². The number of anilines is 1. The highest BCUT2D eigenvalue weighted by Crippen LogP contribution is 2.30. The molecule has 2 aromatic carbocycles. The maximum atomic E-state index is 13.3.